The molecular weight excluding hydrogens is 326 g/mol. The van der Waals surface area contributed by atoms with Crippen molar-refractivity contribution in [1.82, 2.24) is 9.13 Å². The summed E-state index contributed by atoms with van der Waals surface area (Å²) in [5, 5.41) is 2.91. The molecule has 5 heteroatoms. The van der Waals surface area contributed by atoms with Crippen LogP contribution in [0.25, 0.3) is 11.0 Å². The number of para-hydroxylation sites is 2. The third kappa shape index (κ3) is 3.57. The number of nitrogens with zero attached hydrogens (tertiary/aromatic N) is 2. The Kier molecular flexibility index (Phi) is 5.26. The summed E-state index contributed by atoms with van der Waals surface area (Å²) in [4.78, 5) is 24.7. The third-order valence-corrected chi connectivity index (χ3v) is 4.99. The molecule has 0 saturated carbocycles. The van der Waals surface area contributed by atoms with E-state index in [-0.39, 0.29) is 18.0 Å². The maximum absolute atomic E-state index is 12.4. The van der Waals surface area contributed by atoms with Crippen LogP contribution < -0.4 is 11.0 Å². The Morgan fingerprint density at radius 2 is 1.73 bits per heavy atom. The van der Waals surface area contributed by atoms with Crippen LogP contribution in [0.1, 0.15) is 38.2 Å². The number of hydrogen-bond acceptors (Lipinski definition) is 2. The zero-order valence-corrected chi connectivity index (χ0v) is 15.5. The number of aromatic nitrogens is 2. The summed E-state index contributed by atoms with van der Waals surface area (Å²) in [7, 11) is 1.75. The van der Waals surface area contributed by atoms with Crippen molar-refractivity contribution in [3.63, 3.8) is 0 Å². The molecule has 3 rings (SSSR count). The van der Waals surface area contributed by atoms with Gasteiger partial charge in [-0.25, -0.2) is 4.79 Å². The van der Waals surface area contributed by atoms with Crippen LogP contribution in [0.4, 0.5) is 5.69 Å². The van der Waals surface area contributed by atoms with Crippen LogP contribution in [-0.4, -0.2) is 15.0 Å². The molecule has 1 aromatic heterocycles. The van der Waals surface area contributed by atoms with Gasteiger partial charge >= 0.3 is 5.69 Å². The van der Waals surface area contributed by atoms with Gasteiger partial charge in [-0.05, 0) is 42.2 Å². The zero-order valence-electron chi connectivity index (χ0n) is 15.5. The highest BCUT2D eigenvalue weighted by Crippen LogP contribution is 2.20. The lowest BCUT2D eigenvalue weighted by molar-refractivity contribution is -0.116. The first kappa shape index (κ1) is 18.0. The Hall–Kier alpha value is -2.82. The Bertz CT molecular complexity index is 967. The summed E-state index contributed by atoms with van der Waals surface area (Å²) >= 11 is 0. The molecule has 0 bridgehead atoms. The fourth-order valence-corrected chi connectivity index (χ4v) is 3.15. The van der Waals surface area contributed by atoms with Gasteiger partial charge in [-0.3, -0.25) is 13.9 Å². The maximum atomic E-state index is 12.4. The molecule has 3 aromatic rings. The molecule has 1 unspecified atom stereocenters. The molecule has 1 N–H and O–H groups in total. The van der Waals surface area contributed by atoms with Crippen molar-refractivity contribution in [3.05, 3.63) is 64.6 Å². The lowest BCUT2D eigenvalue weighted by Gasteiger charge is -2.10. The maximum Gasteiger partial charge on any atom is 0.328 e. The summed E-state index contributed by atoms with van der Waals surface area (Å²) in [6.45, 7) is 4.71. The molecule has 1 atom stereocenters. The Balaban J connectivity index is 1.66. The number of hydrogen-bond donors (Lipinski definition) is 1. The molecule has 0 spiro atoms. The van der Waals surface area contributed by atoms with Gasteiger partial charge in [0, 0.05) is 25.7 Å². The molecule has 2 aromatic carbocycles. The summed E-state index contributed by atoms with van der Waals surface area (Å²) in [6, 6.07) is 15.6. The first-order valence-electron chi connectivity index (χ1n) is 9.05. The third-order valence-electron chi connectivity index (χ3n) is 4.99. The topological polar surface area (TPSA) is 56.0 Å². The second-order valence-corrected chi connectivity index (χ2v) is 6.71. The van der Waals surface area contributed by atoms with Crippen molar-refractivity contribution in [2.45, 2.75) is 39.2 Å². The Labute approximate surface area is 153 Å². The highest BCUT2D eigenvalue weighted by atomic mass is 16.2. The van der Waals surface area contributed by atoms with Crippen molar-refractivity contribution >= 4 is 22.6 Å². The van der Waals surface area contributed by atoms with E-state index in [0.29, 0.717) is 12.5 Å². The lowest BCUT2D eigenvalue weighted by Crippen LogP contribution is -2.24. The minimum Gasteiger partial charge on any atom is -0.326 e. The smallest absolute Gasteiger partial charge is 0.326 e. The van der Waals surface area contributed by atoms with Crippen molar-refractivity contribution < 1.29 is 4.79 Å². The molecule has 0 aliphatic carbocycles. The van der Waals surface area contributed by atoms with Crippen LogP contribution >= 0.6 is 0 Å². The molecule has 0 radical (unpaired) electrons. The number of fused-ring (bicyclic) bond motifs is 1. The minimum atomic E-state index is -0.100. The highest BCUT2D eigenvalue weighted by molar-refractivity contribution is 5.90. The minimum absolute atomic E-state index is 0.0962. The predicted molar refractivity (Wildman–Crippen MR) is 106 cm³/mol. The summed E-state index contributed by atoms with van der Waals surface area (Å²) < 4.78 is 3.27. The standard InChI is InChI=1S/C21H25N3O2/c1-4-15(2)16-9-11-17(12-10-16)22-20(25)13-14-24-19-8-6-5-7-18(19)23(3)21(24)26/h5-12,15H,4,13-14H2,1-3H3,(H,22,25). The summed E-state index contributed by atoms with van der Waals surface area (Å²) in [5.41, 5.74) is 3.68. The molecule has 0 aliphatic rings. The second kappa shape index (κ2) is 7.60. The SMILES string of the molecule is CCC(C)c1ccc(NC(=O)CCn2c(=O)n(C)c3ccccc32)cc1. The van der Waals surface area contributed by atoms with E-state index in [2.05, 4.69) is 31.3 Å². The Morgan fingerprint density at radius 1 is 1.08 bits per heavy atom. The number of amides is 1. The largest absolute Gasteiger partial charge is 0.328 e. The van der Waals surface area contributed by atoms with Gasteiger partial charge in [-0.1, -0.05) is 38.1 Å². The van der Waals surface area contributed by atoms with Gasteiger partial charge in [0.1, 0.15) is 0 Å². The molecule has 1 amide bonds. The van der Waals surface area contributed by atoms with Crippen molar-refractivity contribution in [2.24, 2.45) is 7.05 Å². The number of imidazole rings is 1. The molecule has 136 valence electrons. The Morgan fingerprint density at radius 3 is 2.38 bits per heavy atom. The molecule has 0 fully saturated rings. The van der Waals surface area contributed by atoms with Gasteiger partial charge in [-0.2, -0.15) is 0 Å². The van der Waals surface area contributed by atoms with Crippen LogP contribution in [0.15, 0.2) is 53.3 Å². The molecule has 5 nitrogen and oxygen atoms in total. The van der Waals surface area contributed by atoms with Crippen LogP contribution in [0.2, 0.25) is 0 Å². The van der Waals surface area contributed by atoms with Gasteiger partial charge in [-0.15, -0.1) is 0 Å². The van der Waals surface area contributed by atoms with E-state index >= 15 is 0 Å². The lowest BCUT2D eigenvalue weighted by atomic mass is 9.99. The van der Waals surface area contributed by atoms with Crippen molar-refractivity contribution in [2.75, 3.05) is 5.32 Å². The van der Waals surface area contributed by atoms with Crippen LogP contribution in [0.5, 0.6) is 0 Å². The number of carbonyl (C=O) groups is 1. The van der Waals surface area contributed by atoms with E-state index < -0.39 is 0 Å². The quantitative estimate of drug-likeness (QED) is 0.733. The van der Waals surface area contributed by atoms with Crippen molar-refractivity contribution in [1.29, 1.82) is 0 Å². The fraction of sp³-hybridized carbons (Fsp3) is 0.333. The van der Waals surface area contributed by atoms with E-state index in [0.717, 1.165) is 23.1 Å². The summed E-state index contributed by atoms with van der Waals surface area (Å²) in [5.74, 6) is 0.416. The van der Waals surface area contributed by atoms with Gasteiger partial charge in [0.25, 0.3) is 0 Å². The molecule has 26 heavy (non-hydrogen) atoms. The first-order valence-corrected chi connectivity index (χ1v) is 9.05. The average molecular weight is 351 g/mol. The van der Waals surface area contributed by atoms with Gasteiger partial charge < -0.3 is 5.32 Å². The van der Waals surface area contributed by atoms with Gasteiger partial charge in [0.15, 0.2) is 0 Å². The van der Waals surface area contributed by atoms with Gasteiger partial charge in [0.05, 0.1) is 11.0 Å². The average Bonchev–Trinajstić information content (AvgIpc) is 2.91. The van der Waals surface area contributed by atoms with Crippen LogP contribution in [-0.2, 0) is 18.4 Å². The number of rotatable bonds is 6. The van der Waals surface area contributed by atoms with Gasteiger partial charge in [0.2, 0.25) is 5.91 Å². The number of carbonyl (C=O) groups excluding carboxylic acids is 1. The van der Waals surface area contributed by atoms with E-state index in [1.165, 1.54) is 5.56 Å². The summed E-state index contributed by atoms with van der Waals surface area (Å²) in [6.07, 6.45) is 1.34. The van der Waals surface area contributed by atoms with E-state index in [4.69, 9.17) is 0 Å². The monoisotopic (exact) mass is 351 g/mol. The normalized spacial score (nSPS) is 12.3. The number of nitrogens with one attached hydrogen (secondary N) is 1. The molecule has 1 heterocycles. The van der Waals surface area contributed by atoms with E-state index in [1.807, 2.05) is 36.4 Å². The van der Waals surface area contributed by atoms with Crippen LogP contribution in [0, 0.1) is 0 Å². The molecule has 0 aliphatic heterocycles. The molecule has 0 saturated heterocycles. The van der Waals surface area contributed by atoms with Crippen molar-refractivity contribution in [3.8, 4) is 0 Å². The zero-order chi connectivity index (χ0) is 18.7. The number of anilines is 1. The molecular formula is C21H25N3O2. The van der Waals surface area contributed by atoms with E-state index in [9.17, 15) is 9.59 Å². The second-order valence-electron chi connectivity index (χ2n) is 6.71. The number of aryl methyl sites for hydroxylation is 2. The predicted octanol–water partition coefficient (Wildman–Crippen LogP) is 3.88. The highest BCUT2D eigenvalue weighted by Gasteiger charge is 2.11. The number of benzene rings is 2. The fourth-order valence-electron chi connectivity index (χ4n) is 3.15. The van der Waals surface area contributed by atoms with Crippen LogP contribution in [0.3, 0.4) is 0 Å². The van der Waals surface area contributed by atoms with E-state index in [1.54, 1.807) is 16.2 Å². The first-order chi connectivity index (χ1) is 12.5.